The van der Waals surface area contributed by atoms with Crippen molar-refractivity contribution in [2.45, 2.75) is 13.8 Å². The molecule has 2 N–H and O–H groups in total. The molecule has 12 heavy (non-hydrogen) atoms. The molecular formula is C9H11BrN2. The SMILES string of the molecule is CC(N)=Nc1cccc(Br)c1C. The number of aliphatic imine (C=N–C) groups is 1. The minimum Gasteiger partial charge on any atom is -0.387 e. The van der Waals surface area contributed by atoms with Crippen molar-refractivity contribution in [3.63, 3.8) is 0 Å². The quantitative estimate of drug-likeness (QED) is 0.581. The highest BCUT2D eigenvalue weighted by Gasteiger charge is 1.98. The monoisotopic (exact) mass is 226 g/mol. The van der Waals surface area contributed by atoms with Gasteiger partial charge in [0.05, 0.1) is 11.5 Å². The summed E-state index contributed by atoms with van der Waals surface area (Å²) in [6.45, 7) is 3.78. The van der Waals surface area contributed by atoms with Gasteiger partial charge in [-0.25, -0.2) is 4.99 Å². The molecule has 0 saturated carbocycles. The molecule has 0 amide bonds. The maximum Gasteiger partial charge on any atom is 0.0965 e. The molecule has 1 aromatic rings. The van der Waals surface area contributed by atoms with Gasteiger partial charge >= 0.3 is 0 Å². The summed E-state index contributed by atoms with van der Waals surface area (Å²) >= 11 is 3.43. The van der Waals surface area contributed by atoms with Crippen molar-refractivity contribution < 1.29 is 0 Å². The first kappa shape index (κ1) is 9.26. The molecule has 0 spiro atoms. The molecule has 64 valence electrons. The van der Waals surface area contributed by atoms with E-state index in [-0.39, 0.29) is 0 Å². The lowest BCUT2D eigenvalue weighted by Gasteiger charge is -2.01. The van der Waals surface area contributed by atoms with E-state index in [1.807, 2.05) is 25.1 Å². The molecule has 0 unspecified atom stereocenters. The molecule has 0 radical (unpaired) electrons. The highest BCUT2D eigenvalue weighted by molar-refractivity contribution is 9.10. The Morgan fingerprint density at radius 2 is 2.17 bits per heavy atom. The van der Waals surface area contributed by atoms with E-state index in [0.29, 0.717) is 5.84 Å². The fourth-order valence-electron chi connectivity index (χ4n) is 0.907. The predicted molar refractivity (Wildman–Crippen MR) is 55.8 cm³/mol. The number of rotatable bonds is 1. The lowest BCUT2D eigenvalue weighted by atomic mass is 10.2. The lowest BCUT2D eigenvalue weighted by molar-refractivity contribution is 1.35. The minimum absolute atomic E-state index is 0.580. The van der Waals surface area contributed by atoms with Crippen molar-refractivity contribution in [1.82, 2.24) is 0 Å². The van der Waals surface area contributed by atoms with Crippen LogP contribution >= 0.6 is 15.9 Å². The van der Waals surface area contributed by atoms with Crippen LogP contribution in [0.2, 0.25) is 0 Å². The van der Waals surface area contributed by atoms with E-state index in [4.69, 9.17) is 5.73 Å². The van der Waals surface area contributed by atoms with Crippen molar-refractivity contribution in [3.05, 3.63) is 28.2 Å². The van der Waals surface area contributed by atoms with E-state index < -0.39 is 0 Å². The Balaban J connectivity index is 3.17. The van der Waals surface area contributed by atoms with E-state index >= 15 is 0 Å². The molecule has 1 rings (SSSR count). The summed E-state index contributed by atoms with van der Waals surface area (Å²) in [5.74, 6) is 0.580. The van der Waals surface area contributed by atoms with Crippen LogP contribution < -0.4 is 5.73 Å². The van der Waals surface area contributed by atoms with Crippen LogP contribution in [0.5, 0.6) is 0 Å². The Morgan fingerprint density at radius 3 is 2.75 bits per heavy atom. The van der Waals surface area contributed by atoms with Crippen LogP contribution in [0.25, 0.3) is 0 Å². The van der Waals surface area contributed by atoms with Crippen LogP contribution in [0.4, 0.5) is 5.69 Å². The number of nitrogens with zero attached hydrogens (tertiary/aromatic N) is 1. The summed E-state index contributed by atoms with van der Waals surface area (Å²) in [5, 5.41) is 0. The molecule has 0 aliphatic carbocycles. The largest absolute Gasteiger partial charge is 0.387 e. The molecule has 0 heterocycles. The van der Waals surface area contributed by atoms with Crippen molar-refractivity contribution in [2.24, 2.45) is 10.7 Å². The second kappa shape index (κ2) is 3.72. The first-order chi connectivity index (χ1) is 5.61. The van der Waals surface area contributed by atoms with Gasteiger partial charge in [-0.05, 0) is 31.5 Å². The molecule has 2 nitrogen and oxygen atoms in total. The number of hydrogen-bond donors (Lipinski definition) is 1. The summed E-state index contributed by atoms with van der Waals surface area (Å²) in [6, 6.07) is 5.87. The van der Waals surface area contributed by atoms with Crippen molar-refractivity contribution in [3.8, 4) is 0 Å². The molecule has 0 atom stereocenters. The Labute approximate surface area is 80.6 Å². The van der Waals surface area contributed by atoms with Crippen molar-refractivity contribution in [1.29, 1.82) is 0 Å². The van der Waals surface area contributed by atoms with E-state index in [2.05, 4.69) is 20.9 Å². The second-order valence-corrected chi connectivity index (χ2v) is 3.49. The first-order valence-electron chi connectivity index (χ1n) is 3.67. The molecule has 0 bridgehead atoms. The number of halogens is 1. The van der Waals surface area contributed by atoms with Crippen molar-refractivity contribution >= 4 is 27.5 Å². The Bertz CT molecular complexity index is 314. The summed E-state index contributed by atoms with van der Waals surface area (Å²) in [4.78, 5) is 4.18. The van der Waals surface area contributed by atoms with E-state index in [0.717, 1.165) is 15.7 Å². The molecule has 0 aromatic heterocycles. The second-order valence-electron chi connectivity index (χ2n) is 2.64. The molecule has 0 aliphatic rings. The van der Waals surface area contributed by atoms with Gasteiger partial charge < -0.3 is 5.73 Å². The van der Waals surface area contributed by atoms with Crippen LogP contribution in [-0.2, 0) is 0 Å². The van der Waals surface area contributed by atoms with E-state index in [9.17, 15) is 0 Å². The third-order valence-electron chi connectivity index (χ3n) is 1.54. The average molecular weight is 227 g/mol. The minimum atomic E-state index is 0.580. The standard InChI is InChI=1S/C9H11BrN2/c1-6-8(10)4-3-5-9(6)12-7(2)11/h3-5H,1-2H3,(H2,11,12). The van der Waals surface area contributed by atoms with Crippen LogP contribution in [0, 0.1) is 6.92 Å². The lowest BCUT2D eigenvalue weighted by Crippen LogP contribution is -2.04. The van der Waals surface area contributed by atoms with Gasteiger partial charge in [0, 0.05) is 4.47 Å². The summed E-state index contributed by atoms with van der Waals surface area (Å²) in [6.07, 6.45) is 0. The zero-order chi connectivity index (χ0) is 9.14. The van der Waals surface area contributed by atoms with Gasteiger partial charge in [-0.3, -0.25) is 0 Å². The van der Waals surface area contributed by atoms with Crippen LogP contribution in [-0.4, -0.2) is 5.84 Å². The number of hydrogen-bond acceptors (Lipinski definition) is 1. The number of amidine groups is 1. The van der Waals surface area contributed by atoms with Gasteiger partial charge in [0.2, 0.25) is 0 Å². The molecule has 0 aliphatic heterocycles. The van der Waals surface area contributed by atoms with Gasteiger partial charge in [-0.15, -0.1) is 0 Å². The highest BCUT2D eigenvalue weighted by atomic mass is 79.9. The van der Waals surface area contributed by atoms with E-state index in [1.54, 1.807) is 6.92 Å². The normalized spacial score (nSPS) is 11.8. The molecule has 0 saturated heterocycles. The smallest absolute Gasteiger partial charge is 0.0965 e. The maximum absolute atomic E-state index is 5.48. The van der Waals surface area contributed by atoms with E-state index in [1.165, 1.54) is 0 Å². The molecule has 1 aromatic carbocycles. The van der Waals surface area contributed by atoms with Gasteiger partial charge in [0.25, 0.3) is 0 Å². The fourth-order valence-corrected chi connectivity index (χ4v) is 1.26. The number of benzene rings is 1. The third-order valence-corrected chi connectivity index (χ3v) is 2.39. The van der Waals surface area contributed by atoms with Gasteiger partial charge in [-0.2, -0.15) is 0 Å². The van der Waals surface area contributed by atoms with Gasteiger partial charge in [-0.1, -0.05) is 22.0 Å². The Kier molecular flexibility index (Phi) is 2.87. The summed E-state index contributed by atoms with van der Waals surface area (Å²) in [7, 11) is 0. The molecule has 3 heteroatoms. The average Bonchev–Trinajstić information content (AvgIpc) is 1.98. The molecule has 0 fully saturated rings. The van der Waals surface area contributed by atoms with Gasteiger partial charge in [0.15, 0.2) is 0 Å². The molecular weight excluding hydrogens is 216 g/mol. The fraction of sp³-hybridized carbons (Fsp3) is 0.222. The van der Waals surface area contributed by atoms with Crippen LogP contribution in [0.15, 0.2) is 27.7 Å². The third kappa shape index (κ3) is 2.08. The maximum atomic E-state index is 5.48. The van der Waals surface area contributed by atoms with Crippen LogP contribution in [0.1, 0.15) is 12.5 Å². The summed E-state index contributed by atoms with van der Waals surface area (Å²) in [5.41, 5.74) is 7.51. The highest BCUT2D eigenvalue weighted by Crippen LogP contribution is 2.25. The summed E-state index contributed by atoms with van der Waals surface area (Å²) < 4.78 is 1.06. The zero-order valence-electron chi connectivity index (χ0n) is 7.13. The van der Waals surface area contributed by atoms with Crippen LogP contribution in [0.3, 0.4) is 0 Å². The van der Waals surface area contributed by atoms with Crippen molar-refractivity contribution in [2.75, 3.05) is 0 Å². The topological polar surface area (TPSA) is 38.4 Å². The Hall–Kier alpha value is -0.830. The predicted octanol–water partition coefficient (Wildman–Crippen LogP) is 2.77. The van der Waals surface area contributed by atoms with Gasteiger partial charge in [0.1, 0.15) is 0 Å². The number of nitrogens with two attached hydrogens (primary N) is 1. The Morgan fingerprint density at radius 1 is 1.50 bits per heavy atom. The first-order valence-corrected chi connectivity index (χ1v) is 4.46. The zero-order valence-corrected chi connectivity index (χ0v) is 8.72.